The van der Waals surface area contributed by atoms with Crippen molar-refractivity contribution >= 4 is 44.5 Å². The Morgan fingerprint density at radius 2 is 2.17 bits per heavy atom. The van der Waals surface area contributed by atoms with E-state index in [4.69, 9.17) is 5.73 Å². The quantitative estimate of drug-likeness (QED) is 0.841. The third-order valence-electron chi connectivity index (χ3n) is 2.58. The van der Waals surface area contributed by atoms with Crippen molar-refractivity contribution in [2.45, 2.75) is 13.3 Å². The van der Waals surface area contributed by atoms with Crippen LogP contribution in [-0.4, -0.2) is 5.91 Å². The maximum atomic E-state index is 11.9. The molecule has 0 aliphatic heterocycles. The SMILES string of the molecule is CCc1ccc(NC(=O)c2ccc(Br)s2)cc1N. The zero-order chi connectivity index (χ0) is 13.1. The molecule has 3 nitrogen and oxygen atoms in total. The van der Waals surface area contributed by atoms with Gasteiger partial charge in [-0.2, -0.15) is 0 Å². The van der Waals surface area contributed by atoms with E-state index in [0.29, 0.717) is 10.6 Å². The number of amides is 1. The summed E-state index contributed by atoms with van der Waals surface area (Å²) in [5.74, 6) is -0.116. The van der Waals surface area contributed by atoms with Crippen molar-refractivity contribution in [3.05, 3.63) is 44.6 Å². The minimum Gasteiger partial charge on any atom is -0.398 e. The lowest BCUT2D eigenvalue weighted by molar-refractivity contribution is 0.103. The Kier molecular flexibility index (Phi) is 4.04. The summed E-state index contributed by atoms with van der Waals surface area (Å²) in [7, 11) is 0. The summed E-state index contributed by atoms with van der Waals surface area (Å²) < 4.78 is 0.938. The molecule has 0 aliphatic carbocycles. The Labute approximate surface area is 118 Å². The number of nitrogen functional groups attached to an aromatic ring is 1. The van der Waals surface area contributed by atoms with Crippen LogP contribution >= 0.6 is 27.3 Å². The van der Waals surface area contributed by atoms with E-state index in [9.17, 15) is 4.79 Å². The van der Waals surface area contributed by atoms with E-state index in [0.717, 1.165) is 21.5 Å². The number of halogens is 1. The van der Waals surface area contributed by atoms with Crippen molar-refractivity contribution in [1.82, 2.24) is 0 Å². The molecule has 0 unspecified atom stereocenters. The zero-order valence-electron chi connectivity index (χ0n) is 9.87. The van der Waals surface area contributed by atoms with Crippen molar-refractivity contribution in [3.63, 3.8) is 0 Å². The molecule has 5 heteroatoms. The highest BCUT2D eigenvalue weighted by atomic mass is 79.9. The molecule has 1 heterocycles. The van der Waals surface area contributed by atoms with Gasteiger partial charge in [-0.05, 0) is 52.2 Å². The molecular formula is C13H13BrN2OS. The molecule has 2 aromatic rings. The molecule has 3 N–H and O–H groups in total. The number of nitrogens with two attached hydrogens (primary N) is 1. The number of aryl methyl sites for hydroxylation is 1. The number of carbonyl (C=O) groups excluding carboxylic acids is 1. The van der Waals surface area contributed by atoms with Gasteiger partial charge in [0.15, 0.2) is 0 Å². The van der Waals surface area contributed by atoms with Crippen molar-refractivity contribution < 1.29 is 4.79 Å². The Bertz CT molecular complexity index is 580. The number of anilines is 2. The third-order valence-corrected chi connectivity index (χ3v) is 4.20. The second kappa shape index (κ2) is 5.54. The van der Waals surface area contributed by atoms with E-state index in [-0.39, 0.29) is 5.91 Å². The summed E-state index contributed by atoms with van der Waals surface area (Å²) in [6.45, 7) is 2.05. The lowest BCUT2D eigenvalue weighted by atomic mass is 10.1. The first-order chi connectivity index (χ1) is 8.60. The lowest BCUT2D eigenvalue weighted by Crippen LogP contribution is -2.10. The van der Waals surface area contributed by atoms with Gasteiger partial charge in [0, 0.05) is 11.4 Å². The van der Waals surface area contributed by atoms with Crippen molar-refractivity contribution in [1.29, 1.82) is 0 Å². The van der Waals surface area contributed by atoms with Crippen LogP contribution in [0, 0.1) is 0 Å². The Morgan fingerprint density at radius 3 is 2.72 bits per heavy atom. The van der Waals surface area contributed by atoms with Crippen LogP contribution in [0.5, 0.6) is 0 Å². The summed E-state index contributed by atoms with van der Waals surface area (Å²) in [6.07, 6.45) is 0.887. The van der Waals surface area contributed by atoms with Gasteiger partial charge in [-0.3, -0.25) is 4.79 Å². The van der Waals surface area contributed by atoms with E-state index in [1.165, 1.54) is 11.3 Å². The van der Waals surface area contributed by atoms with Crippen LogP contribution in [0.3, 0.4) is 0 Å². The second-order valence-corrected chi connectivity index (χ2v) is 6.29. The zero-order valence-corrected chi connectivity index (χ0v) is 12.3. The first-order valence-corrected chi connectivity index (χ1v) is 7.16. The number of nitrogens with one attached hydrogen (secondary N) is 1. The number of hydrogen-bond donors (Lipinski definition) is 2. The largest absolute Gasteiger partial charge is 0.398 e. The molecule has 94 valence electrons. The maximum absolute atomic E-state index is 11.9. The number of thiophene rings is 1. The number of carbonyl (C=O) groups is 1. The molecule has 0 fully saturated rings. The highest BCUT2D eigenvalue weighted by molar-refractivity contribution is 9.11. The summed E-state index contributed by atoms with van der Waals surface area (Å²) in [4.78, 5) is 12.6. The van der Waals surface area contributed by atoms with Gasteiger partial charge >= 0.3 is 0 Å². The minimum atomic E-state index is -0.116. The first-order valence-electron chi connectivity index (χ1n) is 5.55. The van der Waals surface area contributed by atoms with Crippen LogP contribution in [0.4, 0.5) is 11.4 Å². The summed E-state index contributed by atoms with van der Waals surface area (Å²) in [5.41, 5.74) is 8.42. The van der Waals surface area contributed by atoms with Gasteiger partial charge in [0.25, 0.3) is 5.91 Å². The highest BCUT2D eigenvalue weighted by Crippen LogP contribution is 2.24. The Hall–Kier alpha value is -1.33. The number of rotatable bonds is 3. The first kappa shape index (κ1) is 13.1. The molecule has 0 bridgehead atoms. The van der Waals surface area contributed by atoms with Gasteiger partial charge in [0.2, 0.25) is 0 Å². The van der Waals surface area contributed by atoms with Crippen LogP contribution in [0.25, 0.3) is 0 Å². The summed E-state index contributed by atoms with van der Waals surface area (Å²) in [5, 5.41) is 2.83. The lowest BCUT2D eigenvalue weighted by Gasteiger charge is -2.07. The van der Waals surface area contributed by atoms with Gasteiger partial charge in [0.05, 0.1) is 8.66 Å². The van der Waals surface area contributed by atoms with E-state index in [1.807, 2.05) is 25.1 Å². The van der Waals surface area contributed by atoms with Gasteiger partial charge in [-0.15, -0.1) is 11.3 Å². The fourth-order valence-corrected chi connectivity index (χ4v) is 2.91. The standard InChI is InChI=1S/C13H13BrN2OS/c1-2-8-3-4-9(7-10(8)15)16-13(17)11-5-6-12(14)18-11/h3-7H,2,15H2,1H3,(H,16,17). The maximum Gasteiger partial charge on any atom is 0.265 e. The van der Waals surface area contributed by atoms with E-state index >= 15 is 0 Å². The minimum absolute atomic E-state index is 0.116. The topological polar surface area (TPSA) is 55.1 Å². The molecule has 1 aromatic heterocycles. The molecule has 18 heavy (non-hydrogen) atoms. The Balaban J connectivity index is 2.14. The second-order valence-electron chi connectivity index (χ2n) is 3.83. The van der Waals surface area contributed by atoms with Crippen molar-refractivity contribution in [2.75, 3.05) is 11.1 Å². The number of hydrogen-bond acceptors (Lipinski definition) is 3. The smallest absolute Gasteiger partial charge is 0.265 e. The fraction of sp³-hybridized carbons (Fsp3) is 0.154. The molecule has 0 spiro atoms. The van der Waals surface area contributed by atoms with Crippen LogP contribution in [-0.2, 0) is 6.42 Å². The van der Waals surface area contributed by atoms with Crippen molar-refractivity contribution in [3.8, 4) is 0 Å². The number of benzene rings is 1. The van der Waals surface area contributed by atoms with Crippen LogP contribution in [0.2, 0.25) is 0 Å². The van der Waals surface area contributed by atoms with E-state index < -0.39 is 0 Å². The molecule has 2 rings (SSSR count). The molecule has 0 aliphatic rings. The molecule has 0 radical (unpaired) electrons. The van der Waals surface area contributed by atoms with E-state index in [1.54, 1.807) is 12.1 Å². The molecule has 0 saturated carbocycles. The average molecular weight is 325 g/mol. The average Bonchev–Trinajstić information content (AvgIpc) is 2.76. The van der Waals surface area contributed by atoms with E-state index in [2.05, 4.69) is 21.2 Å². The third kappa shape index (κ3) is 2.91. The van der Waals surface area contributed by atoms with Gasteiger partial charge in [-0.25, -0.2) is 0 Å². The highest BCUT2D eigenvalue weighted by Gasteiger charge is 2.09. The normalized spacial score (nSPS) is 10.3. The molecule has 0 saturated heterocycles. The van der Waals surface area contributed by atoms with Crippen LogP contribution in [0.1, 0.15) is 22.2 Å². The van der Waals surface area contributed by atoms with Crippen LogP contribution in [0.15, 0.2) is 34.1 Å². The van der Waals surface area contributed by atoms with Gasteiger partial charge in [-0.1, -0.05) is 13.0 Å². The molecular weight excluding hydrogens is 312 g/mol. The Morgan fingerprint density at radius 1 is 1.39 bits per heavy atom. The molecule has 1 amide bonds. The summed E-state index contributed by atoms with van der Waals surface area (Å²) >= 11 is 4.74. The van der Waals surface area contributed by atoms with Crippen LogP contribution < -0.4 is 11.1 Å². The fourth-order valence-electron chi connectivity index (χ4n) is 1.62. The summed E-state index contributed by atoms with van der Waals surface area (Å²) in [6, 6.07) is 9.24. The predicted molar refractivity (Wildman–Crippen MR) is 80.2 cm³/mol. The molecule has 1 aromatic carbocycles. The predicted octanol–water partition coefficient (Wildman–Crippen LogP) is 3.91. The monoisotopic (exact) mass is 324 g/mol. The van der Waals surface area contributed by atoms with Crippen molar-refractivity contribution in [2.24, 2.45) is 0 Å². The van der Waals surface area contributed by atoms with Gasteiger partial charge < -0.3 is 11.1 Å². The molecule has 0 atom stereocenters. The van der Waals surface area contributed by atoms with Gasteiger partial charge in [0.1, 0.15) is 0 Å².